The van der Waals surface area contributed by atoms with Gasteiger partial charge in [-0.25, -0.2) is 0 Å². The van der Waals surface area contributed by atoms with Gasteiger partial charge < -0.3 is 15.4 Å². The lowest BCUT2D eigenvalue weighted by molar-refractivity contribution is -0.118. The Hall–Kier alpha value is -3.60. The Kier molecular flexibility index (Phi) is 7.31. The Labute approximate surface area is 189 Å². The van der Waals surface area contributed by atoms with Crippen LogP contribution >= 0.6 is 0 Å². The molecule has 0 radical (unpaired) electrons. The summed E-state index contributed by atoms with van der Waals surface area (Å²) in [4.78, 5) is 24.9. The van der Waals surface area contributed by atoms with Crippen LogP contribution in [0.3, 0.4) is 0 Å². The number of para-hydroxylation sites is 1. The smallest absolute Gasteiger partial charge is 0.262 e. The Balaban J connectivity index is 1.54. The van der Waals surface area contributed by atoms with Crippen LogP contribution in [0.25, 0.3) is 0 Å². The number of hydrogen-bond acceptors (Lipinski definition) is 3. The highest BCUT2D eigenvalue weighted by Gasteiger charge is 2.19. The topological polar surface area (TPSA) is 67.4 Å². The first-order valence-electron chi connectivity index (χ1n) is 10.7. The summed E-state index contributed by atoms with van der Waals surface area (Å²) in [6.45, 7) is 8.16. The molecule has 2 N–H and O–H groups in total. The minimum Gasteiger partial charge on any atom is -0.483 e. The van der Waals surface area contributed by atoms with Crippen LogP contribution in [-0.4, -0.2) is 18.4 Å². The van der Waals surface area contributed by atoms with Gasteiger partial charge in [0.1, 0.15) is 5.75 Å². The van der Waals surface area contributed by atoms with Crippen molar-refractivity contribution in [3.8, 4) is 5.75 Å². The minimum absolute atomic E-state index is 0.0819. The predicted octanol–water partition coefficient (Wildman–Crippen LogP) is 5.49. The van der Waals surface area contributed by atoms with Crippen LogP contribution in [0.15, 0.2) is 78.9 Å². The summed E-state index contributed by atoms with van der Waals surface area (Å²) in [5.74, 6) is 0.277. The molecule has 0 fully saturated rings. The molecule has 32 heavy (non-hydrogen) atoms. The number of anilines is 1. The molecule has 0 aliphatic rings. The lowest BCUT2D eigenvalue weighted by Gasteiger charge is -2.22. The van der Waals surface area contributed by atoms with Crippen LogP contribution in [0.2, 0.25) is 0 Å². The van der Waals surface area contributed by atoms with Crippen molar-refractivity contribution in [1.29, 1.82) is 0 Å². The fourth-order valence-electron chi connectivity index (χ4n) is 3.36. The fraction of sp³-hybridized carbons (Fsp3) is 0.259. The van der Waals surface area contributed by atoms with Gasteiger partial charge in [0, 0.05) is 11.3 Å². The van der Waals surface area contributed by atoms with Crippen molar-refractivity contribution >= 4 is 17.5 Å². The Morgan fingerprint density at radius 1 is 0.875 bits per heavy atom. The molecule has 1 unspecified atom stereocenters. The van der Waals surface area contributed by atoms with Crippen molar-refractivity contribution in [2.75, 3.05) is 11.9 Å². The maximum Gasteiger partial charge on any atom is 0.262 e. The molecule has 2 amide bonds. The predicted molar refractivity (Wildman–Crippen MR) is 128 cm³/mol. The number of rotatable bonds is 7. The van der Waals surface area contributed by atoms with E-state index in [1.165, 1.54) is 0 Å². The molecule has 0 bridgehead atoms. The molecule has 1 atom stereocenters. The van der Waals surface area contributed by atoms with Gasteiger partial charge in [-0.3, -0.25) is 9.59 Å². The molecule has 0 aliphatic heterocycles. The first-order valence-corrected chi connectivity index (χ1v) is 10.7. The first kappa shape index (κ1) is 23.1. The summed E-state index contributed by atoms with van der Waals surface area (Å²) in [5.41, 5.74) is 3.14. The summed E-state index contributed by atoms with van der Waals surface area (Å²) in [7, 11) is 0. The minimum atomic E-state index is -0.261. The second kappa shape index (κ2) is 10.1. The van der Waals surface area contributed by atoms with Gasteiger partial charge in [0.15, 0.2) is 6.61 Å². The van der Waals surface area contributed by atoms with E-state index in [9.17, 15) is 9.59 Å². The molecular formula is C27H30N2O3. The molecule has 5 heteroatoms. The summed E-state index contributed by atoms with van der Waals surface area (Å²) in [6.07, 6.45) is 0. The zero-order chi connectivity index (χ0) is 23.1. The summed E-state index contributed by atoms with van der Waals surface area (Å²) < 4.78 is 5.77. The van der Waals surface area contributed by atoms with Gasteiger partial charge in [0.2, 0.25) is 0 Å². The van der Waals surface area contributed by atoms with Crippen LogP contribution in [0.4, 0.5) is 5.69 Å². The van der Waals surface area contributed by atoms with E-state index in [2.05, 4.69) is 31.4 Å². The number of ether oxygens (including phenoxy) is 1. The van der Waals surface area contributed by atoms with E-state index in [0.717, 1.165) is 11.1 Å². The van der Waals surface area contributed by atoms with Crippen LogP contribution in [0.1, 0.15) is 55.2 Å². The van der Waals surface area contributed by atoms with Gasteiger partial charge in [-0.15, -0.1) is 0 Å². The first-order chi connectivity index (χ1) is 15.2. The molecule has 3 rings (SSSR count). The van der Waals surface area contributed by atoms with E-state index >= 15 is 0 Å². The highest BCUT2D eigenvalue weighted by atomic mass is 16.5. The summed E-state index contributed by atoms with van der Waals surface area (Å²) in [6, 6.07) is 24.2. The zero-order valence-corrected chi connectivity index (χ0v) is 19.0. The summed E-state index contributed by atoms with van der Waals surface area (Å²) in [5, 5.41) is 5.79. The molecule has 166 valence electrons. The van der Waals surface area contributed by atoms with Gasteiger partial charge in [0.25, 0.3) is 11.8 Å². The number of amides is 2. The monoisotopic (exact) mass is 430 g/mol. The zero-order valence-electron chi connectivity index (χ0n) is 19.0. The van der Waals surface area contributed by atoms with Crippen LogP contribution in [0.5, 0.6) is 5.75 Å². The van der Waals surface area contributed by atoms with E-state index < -0.39 is 0 Å². The van der Waals surface area contributed by atoms with Crippen molar-refractivity contribution in [1.82, 2.24) is 5.32 Å². The normalized spacial score (nSPS) is 12.0. The largest absolute Gasteiger partial charge is 0.483 e. The van der Waals surface area contributed by atoms with Crippen molar-refractivity contribution in [3.63, 3.8) is 0 Å². The average molecular weight is 431 g/mol. The average Bonchev–Trinajstić information content (AvgIpc) is 2.78. The molecule has 0 saturated heterocycles. The molecule has 0 spiro atoms. The van der Waals surface area contributed by atoms with E-state index in [-0.39, 0.29) is 29.9 Å². The molecule has 0 saturated carbocycles. The molecule has 0 aliphatic carbocycles. The third-order valence-corrected chi connectivity index (χ3v) is 5.13. The van der Waals surface area contributed by atoms with Crippen molar-refractivity contribution in [2.24, 2.45) is 0 Å². The van der Waals surface area contributed by atoms with Gasteiger partial charge in [-0.05, 0) is 53.8 Å². The van der Waals surface area contributed by atoms with Crippen LogP contribution in [-0.2, 0) is 10.2 Å². The fourth-order valence-corrected chi connectivity index (χ4v) is 3.36. The Bertz CT molecular complexity index is 1050. The SMILES string of the molecule is CC(NC(=O)c1ccc(NC(=O)COc2ccccc2C(C)(C)C)cc1)c1ccccc1. The molecule has 3 aromatic carbocycles. The number of benzene rings is 3. The number of carbonyl (C=O) groups is 2. The van der Waals surface area contributed by atoms with E-state index in [4.69, 9.17) is 4.74 Å². The lowest BCUT2D eigenvalue weighted by Crippen LogP contribution is -2.26. The van der Waals surface area contributed by atoms with Crippen molar-refractivity contribution in [3.05, 3.63) is 95.6 Å². The second-order valence-corrected chi connectivity index (χ2v) is 8.77. The maximum atomic E-state index is 12.5. The van der Waals surface area contributed by atoms with E-state index in [1.807, 2.05) is 61.5 Å². The maximum absolute atomic E-state index is 12.5. The van der Waals surface area contributed by atoms with Gasteiger partial charge in [-0.1, -0.05) is 69.3 Å². The molecular weight excluding hydrogens is 400 g/mol. The highest BCUT2D eigenvalue weighted by molar-refractivity contribution is 5.96. The number of hydrogen-bond donors (Lipinski definition) is 2. The molecule has 3 aromatic rings. The number of nitrogens with one attached hydrogen (secondary N) is 2. The van der Waals surface area contributed by atoms with Crippen molar-refractivity contribution < 1.29 is 14.3 Å². The third-order valence-electron chi connectivity index (χ3n) is 5.13. The van der Waals surface area contributed by atoms with Gasteiger partial charge in [0.05, 0.1) is 6.04 Å². The second-order valence-electron chi connectivity index (χ2n) is 8.77. The standard InChI is InChI=1S/C27H30N2O3/c1-19(20-10-6-5-7-11-20)28-26(31)21-14-16-22(17-15-21)29-25(30)18-32-24-13-9-8-12-23(24)27(2,3)4/h5-17,19H,18H2,1-4H3,(H,28,31)(H,29,30). The quantitative estimate of drug-likeness (QED) is 0.521. The van der Waals surface area contributed by atoms with E-state index in [1.54, 1.807) is 24.3 Å². The molecule has 5 nitrogen and oxygen atoms in total. The third kappa shape index (κ3) is 6.20. The van der Waals surface area contributed by atoms with Crippen molar-refractivity contribution in [2.45, 2.75) is 39.2 Å². The highest BCUT2D eigenvalue weighted by Crippen LogP contribution is 2.30. The molecule has 0 heterocycles. The Morgan fingerprint density at radius 2 is 1.50 bits per heavy atom. The van der Waals surface area contributed by atoms with Gasteiger partial charge in [-0.2, -0.15) is 0 Å². The van der Waals surface area contributed by atoms with Gasteiger partial charge >= 0.3 is 0 Å². The van der Waals surface area contributed by atoms with Crippen LogP contribution in [0, 0.1) is 0 Å². The van der Waals surface area contributed by atoms with Crippen LogP contribution < -0.4 is 15.4 Å². The number of carbonyl (C=O) groups excluding carboxylic acids is 2. The summed E-state index contributed by atoms with van der Waals surface area (Å²) >= 11 is 0. The lowest BCUT2D eigenvalue weighted by atomic mass is 9.86. The Morgan fingerprint density at radius 3 is 2.16 bits per heavy atom. The molecule has 0 aromatic heterocycles. The van der Waals surface area contributed by atoms with E-state index in [0.29, 0.717) is 17.0 Å².